The first-order chi connectivity index (χ1) is 8.35. The van der Waals surface area contributed by atoms with Crippen molar-refractivity contribution >= 4 is 9.84 Å². The minimum atomic E-state index is -2.91. The topological polar surface area (TPSA) is 55.4 Å². The summed E-state index contributed by atoms with van der Waals surface area (Å²) in [6.07, 6.45) is 1.75. The molecule has 18 heavy (non-hydrogen) atoms. The second-order valence-corrected chi connectivity index (χ2v) is 8.48. The molecule has 0 bridgehead atoms. The summed E-state index contributed by atoms with van der Waals surface area (Å²) < 4.78 is 29.5. The van der Waals surface area contributed by atoms with E-state index in [0.29, 0.717) is 24.9 Å². The minimum absolute atomic E-state index is 0.172. The van der Waals surface area contributed by atoms with Crippen LogP contribution in [0.15, 0.2) is 0 Å². The van der Waals surface area contributed by atoms with Crippen molar-refractivity contribution in [3.63, 3.8) is 0 Å². The monoisotopic (exact) mass is 275 g/mol. The van der Waals surface area contributed by atoms with Crippen LogP contribution in [0.1, 0.15) is 33.6 Å². The van der Waals surface area contributed by atoms with E-state index in [9.17, 15) is 8.42 Å². The first-order valence-corrected chi connectivity index (χ1v) is 8.74. The third-order valence-corrected chi connectivity index (χ3v) is 5.89. The Balaban J connectivity index is 2.16. The normalized spacial score (nSPS) is 37.2. The lowest BCUT2D eigenvalue weighted by atomic mass is 9.80. The molecule has 2 aliphatic rings. The van der Waals surface area contributed by atoms with Crippen molar-refractivity contribution in [2.24, 2.45) is 11.8 Å². The SMILES string of the molecule is CC(C)CC(C)C1NCCOC12CCS(=O)(=O)C2. The van der Waals surface area contributed by atoms with Crippen LogP contribution < -0.4 is 5.32 Å². The number of ether oxygens (including phenoxy) is 1. The summed E-state index contributed by atoms with van der Waals surface area (Å²) in [5.74, 6) is 1.54. The van der Waals surface area contributed by atoms with Gasteiger partial charge in [0.25, 0.3) is 0 Å². The lowest BCUT2D eigenvalue weighted by molar-refractivity contribution is -0.0929. The fraction of sp³-hybridized carbons (Fsp3) is 1.00. The van der Waals surface area contributed by atoms with Crippen LogP contribution >= 0.6 is 0 Å². The molecule has 3 atom stereocenters. The van der Waals surface area contributed by atoms with E-state index < -0.39 is 15.4 Å². The van der Waals surface area contributed by atoms with E-state index in [-0.39, 0.29) is 17.5 Å². The van der Waals surface area contributed by atoms with E-state index in [4.69, 9.17) is 4.74 Å². The molecular weight excluding hydrogens is 250 g/mol. The van der Waals surface area contributed by atoms with Crippen molar-refractivity contribution in [2.75, 3.05) is 24.7 Å². The van der Waals surface area contributed by atoms with Gasteiger partial charge in [-0.05, 0) is 24.7 Å². The molecule has 0 aromatic heterocycles. The number of sulfone groups is 1. The second kappa shape index (κ2) is 5.10. The Kier molecular flexibility index (Phi) is 4.04. The number of rotatable bonds is 3. The van der Waals surface area contributed by atoms with Crippen LogP contribution in [-0.4, -0.2) is 44.7 Å². The van der Waals surface area contributed by atoms with Gasteiger partial charge in [0.05, 0.1) is 23.7 Å². The smallest absolute Gasteiger partial charge is 0.153 e. The zero-order valence-corrected chi connectivity index (χ0v) is 12.4. The van der Waals surface area contributed by atoms with Gasteiger partial charge in [-0.1, -0.05) is 20.8 Å². The van der Waals surface area contributed by atoms with E-state index in [0.717, 1.165) is 13.0 Å². The number of nitrogens with one attached hydrogen (secondary N) is 1. The molecular formula is C13H25NO3S. The highest BCUT2D eigenvalue weighted by molar-refractivity contribution is 7.91. The van der Waals surface area contributed by atoms with E-state index in [1.165, 1.54) is 0 Å². The zero-order valence-electron chi connectivity index (χ0n) is 11.6. The molecule has 2 heterocycles. The molecule has 1 N–H and O–H groups in total. The van der Waals surface area contributed by atoms with Gasteiger partial charge in [0.15, 0.2) is 9.84 Å². The fourth-order valence-corrected chi connectivity index (χ4v) is 5.50. The molecule has 5 heteroatoms. The summed E-state index contributed by atoms with van der Waals surface area (Å²) in [4.78, 5) is 0. The molecule has 0 aromatic rings. The average Bonchev–Trinajstić information content (AvgIpc) is 2.54. The molecule has 2 rings (SSSR count). The summed E-state index contributed by atoms with van der Waals surface area (Å²) in [5, 5.41) is 3.51. The highest BCUT2D eigenvalue weighted by Crippen LogP contribution is 2.37. The van der Waals surface area contributed by atoms with Crippen LogP contribution in [0.25, 0.3) is 0 Å². The van der Waals surface area contributed by atoms with Crippen LogP contribution in [0.4, 0.5) is 0 Å². The summed E-state index contributed by atoms with van der Waals surface area (Å²) in [7, 11) is -2.91. The predicted octanol–water partition coefficient (Wildman–Crippen LogP) is 1.21. The molecule has 2 fully saturated rings. The molecule has 4 nitrogen and oxygen atoms in total. The number of hydrogen-bond acceptors (Lipinski definition) is 4. The van der Waals surface area contributed by atoms with Crippen molar-refractivity contribution in [3.8, 4) is 0 Å². The molecule has 2 saturated heterocycles. The third-order valence-electron chi connectivity index (χ3n) is 4.14. The van der Waals surface area contributed by atoms with Gasteiger partial charge in [-0.25, -0.2) is 8.42 Å². The zero-order chi connectivity index (χ0) is 13.4. The van der Waals surface area contributed by atoms with E-state index in [1.54, 1.807) is 0 Å². The largest absolute Gasteiger partial charge is 0.371 e. The Morgan fingerprint density at radius 1 is 1.39 bits per heavy atom. The van der Waals surface area contributed by atoms with E-state index >= 15 is 0 Å². The Bertz CT molecular complexity index is 393. The molecule has 0 aromatic carbocycles. The lowest BCUT2D eigenvalue weighted by Gasteiger charge is -2.44. The summed E-state index contributed by atoms with van der Waals surface area (Å²) in [6, 6.07) is 0.172. The van der Waals surface area contributed by atoms with Gasteiger partial charge in [-0.3, -0.25) is 0 Å². The van der Waals surface area contributed by atoms with Gasteiger partial charge >= 0.3 is 0 Å². The molecule has 1 spiro atoms. The predicted molar refractivity (Wildman–Crippen MR) is 72.4 cm³/mol. The van der Waals surface area contributed by atoms with Gasteiger partial charge in [0.2, 0.25) is 0 Å². The van der Waals surface area contributed by atoms with Gasteiger partial charge in [0, 0.05) is 12.6 Å². The summed E-state index contributed by atoms with van der Waals surface area (Å²) in [5.41, 5.74) is -0.467. The van der Waals surface area contributed by atoms with Crippen LogP contribution in [0.2, 0.25) is 0 Å². The van der Waals surface area contributed by atoms with Gasteiger partial charge < -0.3 is 10.1 Å². The van der Waals surface area contributed by atoms with Crippen LogP contribution in [-0.2, 0) is 14.6 Å². The van der Waals surface area contributed by atoms with Crippen LogP contribution in [0.5, 0.6) is 0 Å². The molecule has 106 valence electrons. The Labute approximate surface area is 110 Å². The minimum Gasteiger partial charge on any atom is -0.371 e. The summed E-state index contributed by atoms with van der Waals surface area (Å²) in [6.45, 7) is 8.07. The van der Waals surface area contributed by atoms with E-state index in [2.05, 4.69) is 26.1 Å². The van der Waals surface area contributed by atoms with Crippen molar-refractivity contribution in [3.05, 3.63) is 0 Å². The molecule has 0 amide bonds. The highest BCUT2D eigenvalue weighted by Gasteiger charge is 2.51. The first kappa shape index (κ1) is 14.3. The maximum atomic E-state index is 11.8. The highest BCUT2D eigenvalue weighted by atomic mass is 32.2. The van der Waals surface area contributed by atoms with E-state index in [1.807, 2.05) is 0 Å². The standard InChI is InChI=1S/C13H25NO3S/c1-10(2)8-11(3)12-13(17-6-5-14-12)4-7-18(15,16)9-13/h10-12,14H,4-9H2,1-3H3. The molecule has 3 unspecified atom stereocenters. The van der Waals surface area contributed by atoms with Crippen LogP contribution in [0, 0.1) is 11.8 Å². The Morgan fingerprint density at radius 2 is 2.11 bits per heavy atom. The Morgan fingerprint density at radius 3 is 2.67 bits per heavy atom. The maximum absolute atomic E-state index is 11.8. The quantitative estimate of drug-likeness (QED) is 0.841. The molecule has 0 saturated carbocycles. The van der Waals surface area contributed by atoms with Crippen molar-refractivity contribution in [1.82, 2.24) is 5.32 Å². The van der Waals surface area contributed by atoms with Gasteiger partial charge in [-0.2, -0.15) is 0 Å². The van der Waals surface area contributed by atoms with Crippen molar-refractivity contribution in [2.45, 2.75) is 45.3 Å². The maximum Gasteiger partial charge on any atom is 0.153 e. The van der Waals surface area contributed by atoms with Crippen molar-refractivity contribution in [1.29, 1.82) is 0 Å². The summed E-state index contributed by atoms with van der Waals surface area (Å²) >= 11 is 0. The molecule has 0 aliphatic carbocycles. The molecule has 0 radical (unpaired) electrons. The van der Waals surface area contributed by atoms with Gasteiger partial charge in [0.1, 0.15) is 0 Å². The number of hydrogen-bond donors (Lipinski definition) is 1. The van der Waals surface area contributed by atoms with Crippen molar-refractivity contribution < 1.29 is 13.2 Å². The second-order valence-electron chi connectivity index (χ2n) is 6.29. The van der Waals surface area contributed by atoms with Crippen LogP contribution in [0.3, 0.4) is 0 Å². The first-order valence-electron chi connectivity index (χ1n) is 6.92. The number of morpholine rings is 1. The van der Waals surface area contributed by atoms with Gasteiger partial charge in [-0.15, -0.1) is 0 Å². The third kappa shape index (κ3) is 2.89. The molecule has 2 aliphatic heterocycles. The lowest BCUT2D eigenvalue weighted by Crippen LogP contribution is -2.61. The average molecular weight is 275 g/mol. The Hall–Kier alpha value is -0.130. The fourth-order valence-electron chi connectivity index (χ4n) is 3.55.